The summed E-state index contributed by atoms with van der Waals surface area (Å²) in [5.74, 6) is 0.635. The second-order valence-electron chi connectivity index (χ2n) is 2.67. The quantitative estimate of drug-likeness (QED) is 0.427. The Balaban J connectivity index is 2.44. The van der Waals surface area contributed by atoms with E-state index in [2.05, 4.69) is 0 Å². The Morgan fingerprint density at radius 3 is 2.57 bits per heavy atom. The zero-order valence-electron chi connectivity index (χ0n) is 7.92. The fraction of sp³-hybridized carbons (Fsp3) is 0.333. The van der Waals surface area contributed by atoms with Crippen molar-refractivity contribution in [3.05, 3.63) is 46.0 Å². The van der Waals surface area contributed by atoms with Crippen molar-refractivity contribution >= 4 is 11.9 Å². The van der Waals surface area contributed by atoms with Crippen molar-refractivity contribution in [3.63, 3.8) is 0 Å². The molecule has 5 heteroatoms. The van der Waals surface area contributed by atoms with Crippen LogP contribution in [0.1, 0.15) is 12.5 Å². The molecule has 0 N–H and O–H groups in total. The Hall–Kier alpha value is -1.23. The standard InChI is InChI=1S/C9H12N2O2S/c1-2-10(11(12)13)14-8-9-6-4-3-5-7-9/h3-7H,2,8H2,1H3. The van der Waals surface area contributed by atoms with E-state index in [9.17, 15) is 10.1 Å². The lowest BCUT2D eigenvalue weighted by atomic mass is 10.2. The van der Waals surface area contributed by atoms with Gasteiger partial charge in [0.25, 0.3) is 0 Å². The first-order valence-electron chi connectivity index (χ1n) is 4.32. The highest BCUT2D eigenvalue weighted by atomic mass is 32.2. The van der Waals surface area contributed by atoms with Crippen LogP contribution < -0.4 is 0 Å². The highest BCUT2D eigenvalue weighted by Gasteiger charge is 2.11. The molecule has 0 amide bonds. The molecule has 0 aliphatic heterocycles. The van der Waals surface area contributed by atoms with Crippen molar-refractivity contribution in [2.24, 2.45) is 0 Å². The van der Waals surface area contributed by atoms with E-state index in [0.717, 1.165) is 9.98 Å². The number of nitro groups is 1. The molecule has 0 radical (unpaired) electrons. The summed E-state index contributed by atoms with van der Waals surface area (Å²) in [6.45, 7) is 2.17. The Labute approximate surface area is 87.2 Å². The summed E-state index contributed by atoms with van der Waals surface area (Å²) >= 11 is 1.22. The number of hydrazine groups is 1. The molecule has 0 heterocycles. The molecule has 0 saturated carbocycles. The van der Waals surface area contributed by atoms with E-state index in [4.69, 9.17) is 0 Å². The van der Waals surface area contributed by atoms with Crippen LogP contribution in [0.2, 0.25) is 0 Å². The molecule has 0 saturated heterocycles. The van der Waals surface area contributed by atoms with E-state index in [-0.39, 0.29) is 5.03 Å². The summed E-state index contributed by atoms with van der Waals surface area (Å²) in [4.78, 5) is 10.5. The van der Waals surface area contributed by atoms with Gasteiger partial charge in [-0.15, -0.1) is 0 Å². The number of nitrogens with zero attached hydrogens (tertiary/aromatic N) is 2. The maximum Gasteiger partial charge on any atom is 0.171 e. The second-order valence-corrected chi connectivity index (χ2v) is 3.63. The first-order valence-corrected chi connectivity index (χ1v) is 5.27. The first-order chi connectivity index (χ1) is 6.74. The fourth-order valence-corrected chi connectivity index (χ4v) is 1.74. The van der Waals surface area contributed by atoms with Gasteiger partial charge in [0.05, 0.1) is 6.54 Å². The number of benzene rings is 1. The molecular formula is C9H12N2O2S. The number of hydrogen-bond acceptors (Lipinski definition) is 3. The molecule has 0 bridgehead atoms. The minimum atomic E-state index is -0.381. The zero-order valence-corrected chi connectivity index (χ0v) is 8.74. The molecule has 0 aliphatic rings. The van der Waals surface area contributed by atoms with E-state index >= 15 is 0 Å². The zero-order chi connectivity index (χ0) is 10.4. The van der Waals surface area contributed by atoms with Gasteiger partial charge in [-0.3, -0.25) is 0 Å². The molecule has 14 heavy (non-hydrogen) atoms. The molecule has 76 valence electrons. The fourth-order valence-electron chi connectivity index (χ4n) is 0.977. The van der Waals surface area contributed by atoms with Gasteiger partial charge >= 0.3 is 0 Å². The van der Waals surface area contributed by atoms with E-state index < -0.39 is 0 Å². The Bertz CT molecular complexity index is 292. The van der Waals surface area contributed by atoms with Crippen LogP contribution in [0.5, 0.6) is 0 Å². The molecule has 4 nitrogen and oxygen atoms in total. The Morgan fingerprint density at radius 1 is 1.43 bits per heavy atom. The molecule has 1 aromatic carbocycles. The van der Waals surface area contributed by atoms with Crippen molar-refractivity contribution < 1.29 is 5.03 Å². The van der Waals surface area contributed by atoms with Crippen LogP contribution in [0.25, 0.3) is 0 Å². The first kappa shape index (κ1) is 10.8. The smallest absolute Gasteiger partial charge is 0.171 e. The molecule has 1 rings (SSSR count). The van der Waals surface area contributed by atoms with Crippen molar-refractivity contribution in [1.29, 1.82) is 0 Å². The predicted molar refractivity (Wildman–Crippen MR) is 57.1 cm³/mol. The van der Waals surface area contributed by atoms with Crippen LogP contribution in [0.3, 0.4) is 0 Å². The summed E-state index contributed by atoms with van der Waals surface area (Å²) in [7, 11) is 0. The van der Waals surface area contributed by atoms with Crippen molar-refractivity contribution in [3.8, 4) is 0 Å². The van der Waals surface area contributed by atoms with Gasteiger partial charge in [-0.25, -0.2) is 10.1 Å². The van der Waals surface area contributed by atoms with Crippen LogP contribution in [-0.4, -0.2) is 16.0 Å². The summed E-state index contributed by atoms with van der Waals surface area (Å²) < 4.78 is 1.13. The monoisotopic (exact) mass is 212 g/mol. The van der Waals surface area contributed by atoms with Gasteiger partial charge in [-0.2, -0.15) is 0 Å². The predicted octanol–water partition coefficient (Wildman–Crippen LogP) is 2.35. The molecule has 0 aliphatic carbocycles. The van der Waals surface area contributed by atoms with Crippen LogP contribution in [-0.2, 0) is 5.75 Å². The van der Waals surface area contributed by atoms with Crippen LogP contribution >= 0.6 is 11.9 Å². The van der Waals surface area contributed by atoms with Gasteiger partial charge in [0.2, 0.25) is 0 Å². The van der Waals surface area contributed by atoms with E-state index in [1.807, 2.05) is 30.3 Å². The summed E-state index contributed by atoms with van der Waals surface area (Å²) in [6, 6.07) is 9.71. The minimum Gasteiger partial charge on any atom is -0.234 e. The maximum absolute atomic E-state index is 10.5. The highest BCUT2D eigenvalue weighted by molar-refractivity contribution is 7.96. The molecule has 0 spiro atoms. The third-order valence-corrected chi connectivity index (χ3v) is 2.83. The van der Waals surface area contributed by atoms with Gasteiger partial charge in [0.15, 0.2) is 5.03 Å². The summed E-state index contributed by atoms with van der Waals surface area (Å²) in [5, 5.41) is 10.1. The minimum absolute atomic E-state index is 0.381. The summed E-state index contributed by atoms with van der Waals surface area (Å²) in [6.07, 6.45) is 0. The van der Waals surface area contributed by atoms with Crippen LogP contribution in [0.4, 0.5) is 0 Å². The topological polar surface area (TPSA) is 46.4 Å². The SMILES string of the molecule is CCN(SCc1ccccc1)[N+](=O)[O-]. The second kappa shape index (κ2) is 5.49. The average molecular weight is 212 g/mol. The number of hydrogen-bond donors (Lipinski definition) is 0. The van der Waals surface area contributed by atoms with E-state index in [1.165, 1.54) is 11.9 Å². The third kappa shape index (κ3) is 3.26. The lowest BCUT2D eigenvalue weighted by molar-refractivity contribution is -0.616. The maximum atomic E-state index is 10.5. The highest BCUT2D eigenvalue weighted by Crippen LogP contribution is 2.16. The van der Waals surface area contributed by atoms with Crippen molar-refractivity contribution in [2.45, 2.75) is 12.7 Å². The third-order valence-electron chi connectivity index (χ3n) is 1.68. The molecule has 0 atom stereocenters. The summed E-state index contributed by atoms with van der Waals surface area (Å²) in [5.41, 5.74) is 1.10. The van der Waals surface area contributed by atoms with Crippen LogP contribution in [0, 0.1) is 10.1 Å². The lowest BCUT2D eigenvalue weighted by Gasteiger charge is -2.09. The Morgan fingerprint density at radius 2 is 2.07 bits per heavy atom. The normalized spacial score (nSPS) is 9.79. The van der Waals surface area contributed by atoms with E-state index in [0.29, 0.717) is 12.3 Å². The largest absolute Gasteiger partial charge is 0.234 e. The van der Waals surface area contributed by atoms with Gasteiger partial charge in [-0.1, -0.05) is 34.7 Å². The average Bonchev–Trinajstić information content (AvgIpc) is 2.20. The van der Waals surface area contributed by atoms with Crippen molar-refractivity contribution in [1.82, 2.24) is 4.41 Å². The van der Waals surface area contributed by atoms with Crippen LogP contribution in [0.15, 0.2) is 30.3 Å². The molecule has 1 aromatic rings. The van der Waals surface area contributed by atoms with Crippen molar-refractivity contribution in [2.75, 3.05) is 6.54 Å². The molecule has 0 aromatic heterocycles. The molecule has 0 fully saturated rings. The Kier molecular flexibility index (Phi) is 4.25. The van der Waals surface area contributed by atoms with Gasteiger partial charge in [-0.05, 0) is 12.5 Å². The van der Waals surface area contributed by atoms with Gasteiger partial charge < -0.3 is 0 Å². The van der Waals surface area contributed by atoms with E-state index in [1.54, 1.807) is 6.92 Å². The van der Waals surface area contributed by atoms with Gasteiger partial charge in [0, 0.05) is 17.7 Å². The lowest BCUT2D eigenvalue weighted by Crippen LogP contribution is -2.22. The molecule has 0 unspecified atom stereocenters. The van der Waals surface area contributed by atoms with Gasteiger partial charge in [0.1, 0.15) is 0 Å². The number of rotatable bonds is 5. The molecular weight excluding hydrogens is 200 g/mol.